The number of rotatable bonds is 5. The summed E-state index contributed by atoms with van der Waals surface area (Å²) in [6.45, 7) is 3.70. The Morgan fingerprint density at radius 1 is 0.842 bits per heavy atom. The summed E-state index contributed by atoms with van der Waals surface area (Å²) in [7, 11) is 0. The summed E-state index contributed by atoms with van der Waals surface area (Å²) in [5.74, 6) is 0. The topological polar surface area (TPSA) is 0 Å². The van der Waals surface area contributed by atoms with Crippen molar-refractivity contribution in [2.45, 2.75) is 12.8 Å². The van der Waals surface area contributed by atoms with Crippen molar-refractivity contribution in [1.29, 1.82) is 0 Å². The Morgan fingerprint density at radius 2 is 1.42 bits per heavy atom. The second-order valence-electron chi connectivity index (χ2n) is 4.40. The van der Waals surface area contributed by atoms with Crippen molar-refractivity contribution in [3.63, 3.8) is 0 Å². The Kier molecular flexibility index (Phi) is 5.00. The Morgan fingerprint density at radius 3 is 2.00 bits per heavy atom. The second-order valence-corrected chi connectivity index (χ2v) is 4.84. The summed E-state index contributed by atoms with van der Waals surface area (Å²) in [5.41, 5.74) is 3.73. The van der Waals surface area contributed by atoms with Crippen LogP contribution in [0.1, 0.15) is 12.0 Å². The SMILES string of the molecule is C=CC/C=C\Cc1ccc(-c2ccc(Cl)cc2)cc1. The third kappa shape index (κ3) is 4.11. The molecular formula is C18H17Cl. The molecule has 0 N–H and O–H groups in total. The molecule has 0 saturated carbocycles. The average molecular weight is 269 g/mol. The van der Waals surface area contributed by atoms with Gasteiger partial charge in [-0.15, -0.1) is 6.58 Å². The van der Waals surface area contributed by atoms with Crippen LogP contribution < -0.4 is 0 Å². The predicted molar refractivity (Wildman–Crippen MR) is 84.5 cm³/mol. The number of benzene rings is 2. The molecule has 96 valence electrons. The third-order valence-electron chi connectivity index (χ3n) is 2.95. The molecule has 0 atom stereocenters. The summed E-state index contributed by atoms with van der Waals surface area (Å²) in [5, 5.41) is 0.771. The van der Waals surface area contributed by atoms with Crippen LogP contribution in [0.5, 0.6) is 0 Å². The van der Waals surface area contributed by atoms with E-state index in [-0.39, 0.29) is 0 Å². The van der Waals surface area contributed by atoms with Crippen LogP contribution in [0, 0.1) is 0 Å². The smallest absolute Gasteiger partial charge is 0.0406 e. The van der Waals surface area contributed by atoms with Crippen LogP contribution in [-0.4, -0.2) is 0 Å². The lowest BCUT2D eigenvalue weighted by Crippen LogP contribution is -1.82. The monoisotopic (exact) mass is 268 g/mol. The zero-order valence-electron chi connectivity index (χ0n) is 10.9. The van der Waals surface area contributed by atoms with Gasteiger partial charge in [0.25, 0.3) is 0 Å². The molecule has 0 fully saturated rings. The number of allylic oxidation sites excluding steroid dienone is 3. The van der Waals surface area contributed by atoms with Crippen LogP contribution in [0.25, 0.3) is 11.1 Å². The molecule has 0 heterocycles. The van der Waals surface area contributed by atoms with Crippen molar-refractivity contribution in [2.24, 2.45) is 0 Å². The van der Waals surface area contributed by atoms with E-state index in [2.05, 4.69) is 43.0 Å². The van der Waals surface area contributed by atoms with Crippen LogP contribution in [-0.2, 0) is 6.42 Å². The van der Waals surface area contributed by atoms with Gasteiger partial charge in [0.2, 0.25) is 0 Å². The second kappa shape index (κ2) is 6.96. The highest BCUT2D eigenvalue weighted by molar-refractivity contribution is 6.30. The van der Waals surface area contributed by atoms with E-state index in [9.17, 15) is 0 Å². The molecule has 2 aromatic carbocycles. The van der Waals surface area contributed by atoms with Gasteiger partial charge in [-0.3, -0.25) is 0 Å². The van der Waals surface area contributed by atoms with Gasteiger partial charge < -0.3 is 0 Å². The number of halogens is 1. The molecule has 0 spiro atoms. The largest absolute Gasteiger partial charge is 0.103 e. The summed E-state index contributed by atoms with van der Waals surface area (Å²) < 4.78 is 0. The minimum Gasteiger partial charge on any atom is -0.103 e. The molecule has 0 amide bonds. The fraction of sp³-hybridized carbons (Fsp3) is 0.111. The van der Waals surface area contributed by atoms with Crippen molar-refractivity contribution < 1.29 is 0 Å². The van der Waals surface area contributed by atoms with Gasteiger partial charge in [-0.2, -0.15) is 0 Å². The molecule has 0 aromatic heterocycles. The molecule has 19 heavy (non-hydrogen) atoms. The number of hydrogen-bond acceptors (Lipinski definition) is 0. The van der Waals surface area contributed by atoms with E-state index in [4.69, 9.17) is 11.6 Å². The molecule has 0 saturated heterocycles. The van der Waals surface area contributed by atoms with Crippen molar-refractivity contribution in [1.82, 2.24) is 0 Å². The fourth-order valence-corrected chi connectivity index (χ4v) is 2.01. The Bertz CT molecular complexity index is 547. The third-order valence-corrected chi connectivity index (χ3v) is 3.21. The zero-order chi connectivity index (χ0) is 13.5. The highest BCUT2D eigenvalue weighted by Crippen LogP contribution is 2.22. The minimum atomic E-state index is 0.771. The van der Waals surface area contributed by atoms with Crippen LogP contribution >= 0.6 is 11.6 Å². The van der Waals surface area contributed by atoms with Gasteiger partial charge in [-0.05, 0) is 41.7 Å². The van der Waals surface area contributed by atoms with Crippen molar-refractivity contribution >= 4 is 11.6 Å². The predicted octanol–water partition coefficient (Wildman–Crippen LogP) is 5.68. The van der Waals surface area contributed by atoms with Gasteiger partial charge in [-0.25, -0.2) is 0 Å². The quantitative estimate of drug-likeness (QED) is 0.612. The Labute approximate surface area is 120 Å². The van der Waals surface area contributed by atoms with Crippen LogP contribution in [0.3, 0.4) is 0 Å². The van der Waals surface area contributed by atoms with Crippen LogP contribution in [0.15, 0.2) is 73.3 Å². The first-order valence-electron chi connectivity index (χ1n) is 6.40. The van der Waals surface area contributed by atoms with Crippen molar-refractivity contribution in [2.75, 3.05) is 0 Å². The fourth-order valence-electron chi connectivity index (χ4n) is 1.89. The van der Waals surface area contributed by atoms with Gasteiger partial charge in [-0.1, -0.05) is 66.2 Å². The molecular weight excluding hydrogens is 252 g/mol. The lowest BCUT2D eigenvalue weighted by atomic mass is 10.0. The van der Waals surface area contributed by atoms with Crippen molar-refractivity contribution in [3.05, 3.63) is 83.9 Å². The van der Waals surface area contributed by atoms with E-state index in [0.717, 1.165) is 17.9 Å². The first-order valence-corrected chi connectivity index (χ1v) is 6.78. The first-order chi connectivity index (χ1) is 9.29. The first kappa shape index (κ1) is 13.6. The molecule has 2 rings (SSSR count). The molecule has 0 aliphatic heterocycles. The summed E-state index contributed by atoms with van der Waals surface area (Å²) in [4.78, 5) is 0. The normalized spacial score (nSPS) is 10.8. The van der Waals surface area contributed by atoms with E-state index in [1.807, 2.05) is 30.3 Å². The van der Waals surface area contributed by atoms with E-state index in [0.29, 0.717) is 0 Å². The lowest BCUT2D eigenvalue weighted by molar-refractivity contribution is 1.24. The number of hydrogen-bond donors (Lipinski definition) is 0. The van der Waals surface area contributed by atoms with Crippen LogP contribution in [0.4, 0.5) is 0 Å². The molecule has 0 unspecified atom stereocenters. The molecule has 0 aliphatic carbocycles. The maximum Gasteiger partial charge on any atom is 0.0406 e. The molecule has 0 aliphatic rings. The molecule has 0 bridgehead atoms. The lowest BCUT2D eigenvalue weighted by Gasteiger charge is -2.03. The maximum atomic E-state index is 5.89. The van der Waals surface area contributed by atoms with Gasteiger partial charge in [0, 0.05) is 5.02 Å². The Balaban J connectivity index is 2.05. The molecule has 2 aromatic rings. The van der Waals surface area contributed by atoms with E-state index in [1.165, 1.54) is 16.7 Å². The summed E-state index contributed by atoms with van der Waals surface area (Å²) in [6, 6.07) is 16.6. The Hall–Kier alpha value is -1.79. The van der Waals surface area contributed by atoms with Gasteiger partial charge in [0.15, 0.2) is 0 Å². The van der Waals surface area contributed by atoms with Crippen LogP contribution in [0.2, 0.25) is 5.02 Å². The average Bonchev–Trinajstić information content (AvgIpc) is 2.45. The summed E-state index contributed by atoms with van der Waals surface area (Å²) >= 11 is 5.89. The molecule has 0 nitrogen and oxygen atoms in total. The van der Waals surface area contributed by atoms with Gasteiger partial charge >= 0.3 is 0 Å². The van der Waals surface area contributed by atoms with Gasteiger partial charge in [0.05, 0.1) is 0 Å². The minimum absolute atomic E-state index is 0.771. The standard InChI is InChI=1S/C18H17Cl/c1-2-3-4-5-6-15-7-9-16(10-8-15)17-11-13-18(19)14-12-17/h2,4-5,7-14H,1,3,6H2/b5-4-. The highest BCUT2D eigenvalue weighted by Gasteiger charge is 1.97. The summed E-state index contributed by atoms with van der Waals surface area (Å²) in [6.07, 6.45) is 8.12. The van der Waals surface area contributed by atoms with E-state index in [1.54, 1.807) is 0 Å². The highest BCUT2D eigenvalue weighted by atomic mass is 35.5. The van der Waals surface area contributed by atoms with E-state index < -0.39 is 0 Å². The van der Waals surface area contributed by atoms with E-state index >= 15 is 0 Å². The van der Waals surface area contributed by atoms with Gasteiger partial charge in [0.1, 0.15) is 0 Å². The molecule has 0 radical (unpaired) electrons. The maximum absolute atomic E-state index is 5.89. The molecule has 1 heteroatoms. The zero-order valence-corrected chi connectivity index (χ0v) is 11.6. The van der Waals surface area contributed by atoms with Crippen molar-refractivity contribution in [3.8, 4) is 11.1 Å².